The summed E-state index contributed by atoms with van der Waals surface area (Å²) in [5.41, 5.74) is 0.137. The van der Waals surface area contributed by atoms with Crippen LogP contribution in [0.5, 0.6) is 0 Å². The lowest BCUT2D eigenvalue weighted by atomic mass is 9.83. The molecule has 1 aliphatic heterocycles. The first-order valence-electron chi connectivity index (χ1n) is 9.58. The van der Waals surface area contributed by atoms with Gasteiger partial charge in [-0.3, -0.25) is 9.78 Å². The fraction of sp³-hybridized carbons (Fsp3) is 0.333. The Hall–Kier alpha value is -3.41. The van der Waals surface area contributed by atoms with Crippen molar-refractivity contribution < 1.29 is 18.0 Å². The highest BCUT2D eigenvalue weighted by Crippen LogP contribution is 2.52. The number of carbonyl (C=O) groups is 1. The first-order valence-corrected chi connectivity index (χ1v) is 9.58. The van der Waals surface area contributed by atoms with E-state index < -0.39 is 17.3 Å². The van der Waals surface area contributed by atoms with Gasteiger partial charge in [0.2, 0.25) is 5.91 Å². The molecule has 0 radical (unpaired) electrons. The van der Waals surface area contributed by atoms with Crippen LogP contribution >= 0.6 is 0 Å². The van der Waals surface area contributed by atoms with Crippen LogP contribution in [0.2, 0.25) is 0 Å². The van der Waals surface area contributed by atoms with Crippen LogP contribution in [0, 0.1) is 22.7 Å². The molecule has 9 heteroatoms. The molecule has 1 aliphatic carbocycles. The Morgan fingerprint density at radius 1 is 1.17 bits per heavy atom. The Morgan fingerprint density at radius 3 is 2.67 bits per heavy atom. The van der Waals surface area contributed by atoms with Crippen LogP contribution in [0.25, 0.3) is 16.6 Å². The van der Waals surface area contributed by atoms with Gasteiger partial charge in [0.15, 0.2) is 0 Å². The molecule has 152 valence electrons. The van der Waals surface area contributed by atoms with E-state index in [2.05, 4.69) is 16.2 Å². The van der Waals surface area contributed by atoms with Gasteiger partial charge in [-0.2, -0.15) is 23.5 Å². The third kappa shape index (κ3) is 2.75. The van der Waals surface area contributed by atoms with Crippen molar-refractivity contribution in [1.29, 1.82) is 5.26 Å². The number of halogens is 3. The summed E-state index contributed by atoms with van der Waals surface area (Å²) in [6.07, 6.45) is 1.99. The molecule has 3 aromatic rings. The van der Waals surface area contributed by atoms with Gasteiger partial charge < -0.3 is 4.90 Å². The Bertz CT molecular complexity index is 1210. The van der Waals surface area contributed by atoms with Crippen LogP contribution in [0.4, 0.5) is 18.9 Å². The van der Waals surface area contributed by atoms with Crippen LogP contribution in [0.3, 0.4) is 0 Å². The summed E-state index contributed by atoms with van der Waals surface area (Å²) in [7, 11) is 0. The second kappa shape index (κ2) is 6.29. The molecule has 4 heterocycles. The third-order valence-corrected chi connectivity index (χ3v) is 5.99. The van der Waals surface area contributed by atoms with E-state index in [9.17, 15) is 23.2 Å². The van der Waals surface area contributed by atoms with Crippen molar-refractivity contribution in [2.45, 2.75) is 25.4 Å². The van der Waals surface area contributed by atoms with E-state index in [0.29, 0.717) is 35.3 Å². The highest BCUT2D eigenvalue weighted by Gasteiger charge is 2.57. The van der Waals surface area contributed by atoms with Crippen molar-refractivity contribution in [1.82, 2.24) is 14.6 Å². The number of aromatic nitrogens is 3. The maximum absolute atomic E-state index is 13.2. The number of carbonyl (C=O) groups excluding carboxylic acids is 1. The number of hydrogen-bond acceptors (Lipinski definition) is 4. The number of amides is 1. The van der Waals surface area contributed by atoms with E-state index in [-0.39, 0.29) is 11.8 Å². The number of nitrogens with zero attached hydrogens (tertiary/aromatic N) is 5. The van der Waals surface area contributed by atoms with E-state index in [1.165, 1.54) is 16.8 Å². The SMILES string of the molecule is N#C[C@@]1(C2CC2)CCN(c2ccnn3cc(-c4ccnc(C(F)(F)F)c4)cc23)C1=O. The summed E-state index contributed by atoms with van der Waals surface area (Å²) in [6.45, 7) is 0.427. The molecular formula is C21H16F3N5O. The molecule has 1 atom stereocenters. The van der Waals surface area contributed by atoms with Crippen molar-refractivity contribution in [3.8, 4) is 17.2 Å². The maximum Gasteiger partial charge on any atom is 0.433 e. The van der Waals surface area contributed by atoms with Crippen LogP contribution < -0.4 is 4.90 Å². The predicted octanol–water partition coefficient (Wildman–Crippen LogP) is 4.07. The molecule has 0 bridgehead atoms. The van der Waals surface area contributed by atoms with Crippen molar-refractivity contribution in [3.05, 3.63) is 48.5 Å². The zero-order valence-electron chi connectivity index (χ0n) is 15.7. The lowest BCUT2D eigenvalue weighted by molar-refractivity contribution is -0.141. The normalized spacial score (nSPS) is 21.9. The van der Waals surface area contributed by atoms with Gasteiger partial charge in [0.05, 0.1) is 17.3 Å². The number of fused-ring (bicyclic) bond motifs is 1. The average Bonchev–Trinajstić information content (AvgIpc) is 3.40. The lowest BCUT2D eigenvalue weighted by Crippen LogP contribution is -2.35. The van der Waals surface area contributed by atoms with Crippen molar-refractivity contribution in [2.75, 3.05) is 11.4 Å². The molecule has 6 nitrogen and oxygen atoms in total. The highest BCUT2D eigenvalue weighted by molar-refractivity contribution is 6.05. The van der Waals surface area contributed by atoms with Gasteiger partial charge in [-0.15, -0.1) is 0 Å². The van der Waals surface area contributed by atoms with E-state index in [1.54, 1.807) is 23.2 Å². The first kappa shape index (κ1) is 18.6. The fourth-order valence-corrected chi connectivity index (χ4v) is 4.27. The predicted molar refractivity (Wildman–Crippen MR) is 101 cm³/mol. The number of alkyl halides is 3. The van der Waals surface area contributed by atoms with Crippen molar-refractivity contribution >= 4 is 17.1 Å². The van der Waals surface area contributed by atoms with Gasteiger partial charge >= 0.3 is 6.18 Å². The first-order chi connectivity index (χ1) is 14.3. The molecule has 0 spiro atoms. The van der Waals surface area contributed by atoms with E-state index in [0.717, 1.165) is 25.1 Å². The van der Waals surface area contributed by atoms with Gasteiger partial charge in [-0.1, -0.05) is 0 Å². The molecule has 1 amide bonds. The summed E-state index contributed by atoms with van der Waals surface area (Å²) >= 11 is 0. The smallest absolute Gasteiger partial charge is 0.309 e. The molecule has 3 aromatic heterocycles. The molecule has 0 N–H and O–H groups in total. The Labute approximate surface area is 169 Å². The number of nitriles is 1. The van der Waals surface area contributed by atoms with E-state index in [4.69, 9.17) is 0 Å². The standard InChI is InChI=1S/C21H16F3N5O/c22-21(23,24)18-10-13(3-6-26-18)14-9-17-16(4-7-27-29(17)11-14)28-8-5-20(12-25,19(28)30)15-1-2-15/h3-4,6-7,9-11,15H,1-2,5,8H2/t20-/m1/s1. The van der Waals surface area contributed by atoms with Crippen molar-refractivity contribution in [3.63, 3.8) is 0 Å². The van der Waals surface area contributed by atoms with Gasteiger partial charge in [-0.25, -0.2) is 4.52 Å². The van der Waals surface area contributed by atoms with E-state index >= 15 is 0 Å². The minimum Gasteiger partial charge on any atom is -0.309 e. The number of anilines is 1. The fourth-order valence-electron chi connectivity index (χ4n) is 4.27. The summed E-state index contributed by atoms with van der Waals surface area (Å²) in [6, 6.07) is 8.15. The molecule has 0 unspecified atom stereocenters. The average molecular weight is 411 g/mol. The molecule has 0 aromatic carbocycles. The minimum absolute atomic E-state index is 0.109. The molecule has 1 saturated heterocycles. The maximum atomic E-state index is 13.2. The van der Waals surface area contributed by atoms with Crippen LogP contribution in [-0.4, -0.2) is 27.0 Å². The molecule has 5 rings (SSSR count). The second-order valence-electron chi connectivity index (χ2n) is 7.77. The second-order valence-corrected chi connectivity index (χ2v) is 7.77. The molecule has 2 aliphatic rings. The Balaban J connectivity index is 1.56. The largest absolute Gasteiger partial charge is 0.433 e. The quantitative estimate of drug-likeness (QED) is 0.651. The molecular weight excluding hydrogens is 395 g/mol. The van der Waals surface area contributed by atoms with Gasteiger partial charge in [0.1, 0.15) is 11.1 Å². The van der Waals surface area contributed by atoms with Gasteiger partial charge in [0, 0.05) is 30.7 Å². The monoisotopic (exact) mass is 411 g/mol. The molecule has 2 fully saturated rings. The Kier molecular flexibility index (Phi) is 3.90. The minimum atomic E-state index is -4.54. The summed E-state index contributed by atoms with van der Waals surface area (Å²) in [4.78, 5) is 18.2. The van der Waals surface area contributed by atoms with E-state index in [1.807, 2.05) is 0 Å². The van der Waals surface area contributed by atoms with Gasteiger partial charge in [-0.05, 0) is 55.0 Å². The highest BCUT2D eigenvalue weighted by atomic mass is 19.4. The zero-order chi connectivity index (χ0) is 21.1. The number of hydrogen-bond donors (Lipinski definition) is 0. The number of pyridine rings is 1. The molecule has 1 saturated carbocycles. The zero-order valence-corrected chi connectivity index (χ0v) is 15.7. The van der Waals surface area contributed by atoms with Gasteiger partial charge in [0.25, 0.3) is 0 Å². The summed E-state index contributed by atoms with van der Waals surface area (Å²) in [5.74, 6) is -0.0931. The number of rotatable bonds is 3. The summed E-state index contributed by atoms with van der Waals surface area (Å²) in [5, 5.41) is 13.9. The van der Waals surface area contributed by atoms with Crippen LogP contribution in [-0.2, 0) is 11.0 Å². The topological polar surface area (TPSA) is 74.3 Å². The molecule has 30 heavy (non-hydrogen) atoms. The Morgan fingerprint density at radius 2 is 1.97 bits per heavy atom. The van der Waals surface area contributed by atoms with Crippen LogP contribution in [0.1, 0.15) is 25.0 Å². The summed E-state index contributed by atoms with van der Waals surface area (Å²) < 4.78 is 40.6. The van der Waals surface area contributed by atoms with Crippen LogP contribution in [0.15, 0.2) is 42.9 Å². The van der Waals surface area contributed by atoms with Crippen molar-refractivity contribution in [2.24, 2.45) is 11.3 Å². The lowest BCUT2D eigenvalue weighted by Gasteiger charge is -2.21. The third-order valence-electron chi connectivity index (χ3n) is 5.99.